The summed E-state index contributed by atoms with van der Waals surface area (Å²) in [5.41, 5.74) is 4.14. The maximum atomic E-state index is 15.3. The summed E-state index contributed by atoms with van der Waals surface area (Å²) in [5.74, 6) is 1.18. The van der Waals surface area contributed by atoms with E-state index in [1.165, 1.54) is 0 Å². The molecule has 0 aliphatic rings. The fourth-order valence-electron chi connectivity index (χ4n) is 4.49. The maximum absolute atomic E-state index is 15.3. The van der Waals surface area contributed by atoms with E-state index in [0.29, 0.717) is 30.0 Å². The lowest BCUT2D eigenvalue weighted by Crippen LogP contribution is -2.26. The zero-order valence-electron chi connectivity index (χ0n) is 22.3. The molecule has 5 rings (SSSR count). The van der Waals surface area contributed by atoms with Gasteiger partial charge in [0.1, 0.15) is 24.7 Å². The zero-order chi connectivity index (χ0) is 27.8. The molecule has 3 nitrogen and oxygen atoms in total. The van der Waals surface area contributed by atoms with Gasteiger partial charge in [-0.3, -0.25) is 0 Å². The first-order valence-electron chi connectivity index (χ1n) is 13.1. The van der Waals surface area contributed by atoms with Gasteiger partial charge in [0.25, 0.3) is 0 Å². The van der Waals surface area contributed by atoms with Gasteiger partial charge < -0.3 is 14.0 Å². The number of hydrogen-bond donors (Lipinski definition) is 0. The van der Waals surface area contributed by atoms with E-state index in [1.54, 1.807) is 0 Å². The molecule has 5 aromatic rings. The van der Waals surface area contributed by atoms with Crippen LogP contribution in [0, 0.1) is 0 Å². The summed E-state index contributed by atoms with van der Waals surface area (Å²) in [6, 6.07) is 40.9. The van der Waals surface area contributed by atoms with E-state index in [2.05, 4.69) is 13.2 Å². The highest BCUT2D eigenvalue weighted by molar-refractivity contribution is 7.85. The molecule has 0 amide bonds. The molecule has 0 fully saturated rings. The van der Waals surface area contributed by atoms with Crippen molar-refractivity contribution in [3.8, 4) is 11.5 Å². The Bertz CT molecular complexity index is 1580. The van der Waals surface area contributed by atoms with Gasteiger partial charge in [-0.15, -0.1) is 0 Å². The summed E-state index contributed by atoms with van der Waals surface area (Å²) >= 11 is 0. The molecule has 0 atom stereocenters. The molecular weight excluding hydrogens is 511 g/mol. The van der Waals surface area contributed by atoms with Gasteiger partial charge in [0, 0.05) is 10.6 Å². The van der Waals surface area contributed by atoms with Gasteiger partial charge in [-0.1, -0.05) is 135 Å². The molecular formula is C36H31O3P. The van der Waals surface area contributed by atoms with Crippen LogP contribution in [0.25, 0.3) is 12.2 Å². The Morgan fingerprint density at radius 2 is 1.05 bits per heavy atom. The fourth-order valence-corrected chi connectivity index (χ4v) is 7.28. The lowest BCUT2D eigenvalue weighted by Gasteiger charge is -2.23. The first-order valence-corrected chi connectivity index (χ1v) is 14.8. The van der Waals surface area contributed by atoms with Crippen LogP contribution in [-0.2, 0) is 17.8 Å². The maximum Gasteiger partial charge on any atom is 0.174 e. The van der Waals surface area contributed by atoms with E-state index in [0.717, 1.165) is 32.9 Å². The van der Waals surface area contributed by atoms with Crippen molar-refractivity contribution in [2.75, 3.05) is 0 Å². The van der Waals surface area contributed by atoms with Gasteiger partial charge in [-0.05, 0) is 40.5 Å². The molecule has 0 bridgehead atoms. The second-order valence-corrected chi connectivity index (χ2v) is 12.1. The molecule has 4 heteroatoms. The highest BCUT2D eigenvalue weighted by atomic mass is 31.2. The molecule has 40 heavy (non-hydrogen) atoms. The Hall–Kier alpha value is -4.59. The predicted octanol–water partition coefficient (Wildman–Crippen LogP) is 7.77. The molecule has 198 valence electrons. The molecule has 0 unspecified atom stereocenters. The molecule has 0 N–H and O–H groups in total. The number of ether oxygens (including phenoxy) is 2. The quantitative estimate of drug-likeness (QED) is 0.160. The summed E-state index contributed by atoms with van der Waals surface area (Å²) in [4.78, 5) is 0. The largest absolute Gasteiger partial charge is 0.489 e. The fraction of sp³-hybridized carbons (Fsp3) is 0.0556. The van der Waals surface area contributed by atoms with Gasteiger partial charge in [-0.2, -0.15) is 0 Å². The van der Waals surface area contributed by atoms with Crippen molar-refractivity contribution in [2.45, 2.75) is 13.2 Å². The van der Waals surface area contributed by atoms with Crippen LogP contribution in [0.3, 0.4) is 0 Å². The molecule has 0 aliphatic heterocycles. The standard InChI is InChI=1S/C36H31O3P/c1-3-28-15-19-30(20-16-28)26-38-32-23-24-35(39-27-31-21-17-29(4-2)18-22-31)36(25-32)40(37,33-11-7-5-8-12-33)34-13-9-6-10-14-34/h3-25H,1-2,26-27H2. The summed E-state index contributed by atoms with van der Waals surface area (Å²) in [7, 11) is -3.31. The lowest BCUT2D eigenvalue weighted by atomic mass is 10.1. The SMILES string of the molecule is C=Cc1ccc(COc2ccc(OCc3ccc(C=C)cc3)c(P(=O)(c3ccccc3)c3ccccc3)c2)cc1. The van der Waals surface area contributed by atoms with E-state index >= 15 is 4.57 Å². The Kier molecular flexibility index (Phi) is 8.44. The number of hydrogen-bond acceptors (Lipinski definition) is 3. The highest BCUT2D eigenvalue weighted by Gasteiger charge is 2.33. The van der Waals surface area contributed by atoms with Crippen molar-refractivity contribution in [3.63, 3.8) is 0 Å². The zero-order valence-corrected chi connectivity index (χ0v) is 23.2. The molecule has 0 aliphatic carbocycles. The Morgan fingerprint density at radius 3 is 1.52 bits per heavy atom. The van der Waals surface area contributed by atoms with Crippen LogP contribution in [0.2, 0.25) is 0 Å². The minimum Gasteiger partial charge on any atom is -0.489 e. The Balaban J connectivity index is 1.55. The van der Waals surface area contributed by atoms with Crippen molar-refractivity contribution < 1.29 is 14.0 Å². The molecule has 0 saturated carbocycles. The van der Waals surface area contributed by atoms with Gasteiger partial charge >= 0.3 is 0 Å². The third-order valence-electron chi connectivity index (χ3n) is 6.74. The van der Waals surface area contributed by atoms with E-state index < -0.39 is 7.14 Å². The van der Waals surface area contributed by atoms with Crippen LogP contribution < -0.4 is 25.4 Å². The van der Waals surface area contributed by atoms with Gasteiger partial charge in [0.05, 0.1) is 5.30 Å². The Morgan fingerprint density at radius 1 is 0.575 bits per heavy atom. The summed E-state index contributed by atoms with van der Waals surface area (Å²) < 4.78 is 27.8. The predicted molar refractivity (Wildman–Crippen MR) is 168 cm³/mol. The average molecular weight is 543 g/mol. The van der Waals surface area contributed by atoms with Crippen molar-refractivity contribution in [3.05, 3.63) is 163 Å². The van der Waals surface area contributed by atoms with E-state index in [1.807, 2.05) is 140 Å². The molecule has 0 saturated heterocycles. The van der Waals surface area contributed by atoms with Crippen LogP contribution in [0.5, 0.6) is 11.5 Å². The number of benzene rings is 5. The smallest absolute Gasteiger partial charge is 0.174 e. The highest BCUT2D eigenvalue weighted by Crippen LogP contribution is 2.46. The van der Waals surface area contributed by atoms with E-state index in [9.17, 15) is 0 Å². The second kappa shape index (κ2) is 12.5. The van der Waals surface area contributed by atoms with E-state index in [4.69, 9.17) is 9.47 Å². The van der Waals surface area contributed by atoms with Gasteiger partial charge in [-0.25, -0.2) is 0 Å². The van der Waals surface area contributed by atoms with Crippen LogP contribution in [0.15, 0.2) is 141 Å². The van der Waals surface area contributed by atoms with Crippen molar-refractivity contribution in [2.24, 2.45) is 0 Å². The average Bonchev–Trinajstić information content (AvgIpc) is 3.04. The minimum atomic E-state index is -3.31. The first kappa shape index (κ1) is 27.0. The van der Waals surface area contributed by atoms with Gasteiger partial charge in [0.15, 0.2) is 7.14 Å². The first-order chi connectivity index (χ1) is 19.6. The molecule has 0 spiro atoms. The van der Waals surface area contributed by atoms with Crippen LogP contribution in [0.4, 0.5) is 0 Å². The molecule has 0 heterocycles. The monoisotopic (exact) mass is 542 g/mol. The summed E-state index contributed by atoms with van der Waals surface area (Å²) in [6.07, 6.45) is 3.62. The molecule has 0 radical (unpaired) electrons. The summed E-state index contributed by atoms with van der Waals surface area (Å²) in [6.45, 7) is 8.36. The molecule has 0 aromatic heterocycles. The van der Waals surface area contributed by atoms with Crippen molar-refractivity contribution in [1.29, 1.82) is 0 Å². The van der Waals surface area contributed by atoms with Crippen molar-refractivity contribution >= 4 is 35.2 Å². The normalized spacial score (nSPS) is 11.0. The topological polar surface area (TPSA) is 35.5 Å². The van der Waals surface area contributed by atoms with Crippen LogP contribution >= 0.6 is 7.14 Å². The third kappa shape index (κ3) is 6.01. The lowest BCUT2D eigenvalue weighted by molar-refractivity contribution is 0.299. The number of rotatable bonds is 11. The van der Waals surface area contributed by atoms with Crippen LogP contribution in [-0.4, -0.2) is 0 Å². The third-order valence-corrected chi connectivity index (χ3v) is 9.82. The van der Waals surface area contributed by atoms with Crippen LogP contribution in [0.1, 0.15) is 22.3 Å². The minimum absolute atomic E-state index is 0.337. The summed E-state index contributed by atoms with van der Waals surface area (Å²) in [5, 5.41) is 2.07. The van der Waals surface area contributed by atoms with E-state index in [-0.39, 0.29) is 0 Å². The Labute approximate surface area is 236 Å². The van der Waals surface area contributed by atoms with Gasteiger partial charge in [0.2, 0.25) is 0 Å². The van der Waals surface area contributed by atoms with Crippen molar-refractivity contribution in [1.82, 2.24) is 0 Å². The second-order valence-electron chi connectivity index (χ2n) is 9.38. The molecule has 5 aromatic carbocycles.